The van der Waals surface area contributed by atoms with Gasteiger partial charge in [-0.1, -0.05) is 51.1 Å². The van der Waals surface area contributed by atoms with Gasteiger partial charge in [-0.3, -0.25) is 4.72 Å². The van der Waals surface area contributed by atoms with Crippen molar-refractivity contribution in [1.29, 1.82) is 5.26 Å². The number of aromatic nitrogens is 1. The van der Waals surface area contributed by atoms with Crippen LogP contribution in [0.2, 0.25) is 0 Å². The van der Waals surface area contributed by atoms with Crippen molar-refractivity contribution in [3.63, 3.8) is 0 Å². The van der Waals surface area contributed by atoms with Gasteiger partial charge in [0.15, 0.2) is 0 Å². The summed E-state index contributed by atoms with van der Waals surface area (Å²) >= 11 is 0. The summed E-state index contributed by atoms with van der Waals surface area (Å²) in [7, 11) is -9.96. The molecule has 3 aromatic rings. The first-order valence-electron chi connectivity index (χ1n) is 10.2. The average molecular weight is 540 g/mol. The molecule has 8 nitrogen and oxygen atoms in total. The number of hydrogen-bond acceptors (Lipinski definition) is 7. The highest BCUT2D eigenvalue weighted by Crippen LogP contribution is 2.36. The molecule has 2 aromatic carbocycles. The summed E-state index contributed by atoms with van der Waals surface area (Å²) in [6, 6.07) is 16.4. The fraction of sp³-hybridized carbons (Fsp3) is 0.217. The molecule has 0 saturated carbocycles. The lowest BCUT2D eigenvalue weighted by molar-refractivity contribution is -0.0501. The number of nitriles is 1. The average Bonchev–Trinajstić information content (AvgIpc) is 2.78. The number of anilines is 1. The fourth-order valence-electron chi connectivity index (χ4n) is 2.98. The monoisotopic (exact) mass is 539 g/mol. The van der Waals surface area contributed by atoms with Crippen LogP contribution in [-0.4, -0.2) is 27.3 Å². The Bertz CT molecular complexity index is 1530. The molecular weight excluding hydrogens is 519 g/mol. The lowest BCUT2D eigenvalue weighted by Gasteiger charge is -2.21. The molecule has 0 saturated heterocycles. The smallest absolute Gasteiger partial charge is 0.354 e. The Morgan fingerprint density at radius 1 is 0.944 bits per heavy atom. The topological polar surface area (TPSA) is 126 Å². The van der Waals surface area contributed by atoms with E-state index in [1.807, 2.05) is 0 Å². The number of nitrogens with one attached hydrogen (secondary N) is 1. The molecule has 0 bridgehead atoms. The molecule has 190 valence electrons. The molecule has 0 unspecified atom stereocenters. The van der Waals surface area contributed by atoms with E-state index in [4.69, 9.17) is 0 Å². The van der Waals surface area contributed by atoms with Gasteiger partial charge in [-0.15, -0.1) is 0 Å². The number of halogens is 3. The molecule has 0 spiro atoms. The van der Waals surface area contributed by atoms with Crippen LogP contribution >= 0.6 is 0 Å². The Hall–Kier alpha value is -3.63. The SMILES string of the molecule is CC(C)(C)c1cc(-c2ccc(NS(=O)(=O)c3ccccc3)cc2)c(C#N)c(OS(=O)(=O)C(F)(F)F)n1. The van der Waals surface area contributed by atoms with Gasteiger partial charge in [0.25, 0.3) is 15.9 Å². The number of hydrogen-bond donors (Lipinski definition) is 1. The fourth-order valence-corrected chi connectivity index (χ4v) is 4.49. The van der Waals surface area contributed by atoms with E-state index in [2.05, 4.69) is 13.9 Å². The molecule has 0 aliphatic heterocycles. The van der Waals surface area contributed by atoms with Crippen molar-refractivity contribution in [2.24, 2.45) is 0 Å². The van der Waals surface area contributed by atoms with Crippen molar-refractivity contribution in [2.75, 3.05) is 4.72 Å². The van der Waals surface area contributed by atoms with E-state index in [0.717, 1.165) is 0 Å². The maximum absolute atomic E-state index is 12.9. The van der Waals surface area contributed by atoms with Gasteiger partial charge in [0, 0.05) is 16.7 Å². The third-order valence-electron chi connectivity index (χ3n) is 4.84. The first kappa shape index (κ1) is 27.0. The minimum absolute atomic E-state index is 0.0393. The van der Waals surface area contributed by atoms with Crippen LogP contribution in [0.3, 0.4) is 0 Å². The van der Waals surface area contributed by atoms with Crippen LogP contribution in [-0.2, 0) is 25.6 Å². The van der Waals surface area contributed by atoms with Gasteiger partial charge in [-0.25, -0.2) is 13.4 Å². The van der Waals surface area contributed by atoms with Crippen LogP contribution < -0.4 is 8.91 Å². The van der Waals surface area contributed by atoms with E-state index in [0.29, 0.717) is 0 Å². The molecule has 0 fully saturated rings. The van der Waals surface area contributed by atoms with Crippen LogP contribution in [0.15, 0.2) is 65.6 Å². The molecular formula is C23H20F3N3O5S2. The predicted octanol–water partition coefficient (Wildman–Crippen LogP) is 4.95. The molecule has 1 N–H and O–H groups in total. The van der Waals surface area contributed by atoms with E-state index in [1.165, 1.54) is 42.5 Å². The Kier molecular flexibility index (Phi) is 7.07. The first-order chi connectivity index (χ1) is 16.5. The quantitative estimate of drug-likeness (QED) is 0.347. The van der Waals surface area contributed by atoms with E-state index in [-0.39, 0.29) is 27.4 Å². The molecule has 0 aliphatic carbocycles. The van der Waals surface area contributed by atoms with Crippen LogP contribution in [0.25, 0.3) is 11.1 Å². The van der Waals surface area contributed by atoms with Crippen molar-refractivity contribution in [1.82, 2.24) is 4.98 Å². The minimum Gasteiger partial charge on any atom is -0.354 e. The second-order valence-corrected chi connectivity index (χ2v) is 11.8. The number of nitrogens with zero attached hydrogens (tertiary/aromatic N) is 2. The molecule has 13 heteroatoms. The zero-order chi connectivity index (χ0) is 26.9. The first-order valence-corrected chi connectivity index (χ1v) is 13.1. The van der Waals surface area contributed by atoms with E-state index in [1.54, 1.807) is 45.0 Å². The summed E-state index contributed by atoms with van der Waals surface area (Å²) in [5, 5.41) is 9.65. The van der Waals surface area contributed by atoms with Crippen molar-refractivity contribution >= 4 is 25.8 Å². The third-order valence-corrected chi connectivity index (χ3v) is 7.18. The maximum atomic E-state index is 12.9. The van der Waals surface area contributed by atoms with Gasteiger partial charge in [-0.2, -0.15) is 26.9 Å². The van der Waals surface area contributed by atoms with Crippen LogP contribution in [0.1, 0.15) is 32.0 Å². The molecule has 1 aromatic heterocycles. The maximum Gasteiger partial charge on any atom is 0.534 e. The standard InChI is InChI=1S/C23H20F3N3O5S2/c1-22(2,3)20-13-18(19(14-27)21(28-20)34-36(32,33)23(24,25)26)15-9-11-16(12-10-15)29-35(30,31)17-7-5-4-6-8-17/h4-13,29H,1-3H3. The molecule has 3 rings (SSSR count). The Labute approximate surface area is 206 Å². The Balaban J connectivity index is 2.08. The summed E-state index contributed by atoms with van der Waals surface area (Å²) in [6.07, 6.45) is 0. The van der Waals surface area contributed by atoms with Crippen molar-refractivity contribution in [3.05, 3.63) is 71.9 Å². The van der Waals surface area contributed by atoms with E-state index in [9.17, 15) is 35.3 Å². The number of alkyl halides is 3. The highest BCUT2D eigenvalue weighted by molar-refractivity contribution is 7.92. The highest BCUT2D eigenvalue weighted by Gasteiger charge is 2.49. The third kappa shape index (κ3) is 5.77. The molecule has 1 heterocycles. The summed E-state index contributed by atoms with van der Waals surface area (Å²) in [6.45, 7) is 5.07. The number of pyridine rings is 1. The Morgan fingerprint density at radius 2 is 1.53 bits per heavy atom. The number of sulfonamides is 1. The van der Waals surface area contributed by atoms with Gasteiger partial charge < -0.3 is 4.18 Å². The van der Waals surface area contributed by atoms with Gasteiger partial charge in [0.2, 0.25) is 0 Å². The lowest BCUT2D eigenvalue weighted by Crippen LogP contribution is -2.29. The minimum atomic E-state index is -6.09. The van der Waals surface area contributed by atoms with Gasteiger partial charge >= 0.3 is 15.6 Å². The second-order valence-electron chi connectivity index (χ2n) is 8.58. The Morgan fingerprint density at radius 3 is 2.03 bits per heavy atom. The zero-order valence-corrected chi connectivity index (χ0v) is 20.8. The van der Waals surface area contributed by atoms with E-state index < -0.39 is 42.5 Å². The largest absolute Gasteiger partial charge is 0.534 e. The zero-order valence-electron chi connectivity index (χ0n) is 19.2. The van der Waals surface area contributed by atoms with Gasteiger partial charge in [0.1, 0.15) is 11.6 Å². The van der Waals surface area contributed by atoms with Gasteiger partial charge in [-0.05, 0) is 35.9 Å². The van der Waals surface area contributed by atoms with Crippen LogP contribution in [0.5, 0.6) is 5.88 Å². The number of benzene rings is 2. The summed E-state index contributed by atoms with van der Waals surface area (Å²) in [4.78, 5) is 3.92. The van der Waals surface area contributed by atoms with Crippen molar-refractivity contribution in [3.8, 4) is 23.1 Å². The molecule has 0 atom stereocenters. The van der Waals surface area contributed by atoms with E-state index >= 15 is 0 Å². The predicted molar refractivity (Wildman–Crippen MR) is 126 cm³/mol. The molecule has 36 heavy (non-hydrogen) atoms. The van der Waals surface area contributed by atoms with Crippen molar-refractivity contribution in [2.45, 2.75) is 36.6 Å². The normalized spacial score (nSPS) is 12.6. The van der Waals surface area contributed by atoms with Gasteiger partial charge in [0.05, 0.1) is 10.6 Å². The highest BCUT2D eigenvalue weighted by atomic mass is 32.2. The van der Waals surface area contributed by atoms with Crippen LogP contribution in [0.4, 0.5) is 18.9 Å². The molecule has 0 aliphatic rings. The summed E-state index contributed by atoms with van der Waals surface area (Å²) in [5.74, 6) is -1.01. The van der Waals surface area contributed by atoms with Crippen LogP contribution in [0, 0.1) is 11.3 Å². The molecule has 0 radical (unpaired) electrons. The molecule has 0 amide bonds. The lowest BCUT2D eigenvalue weighted by atomic mass is 9.88. The second kappa shape index (κ2) is 9.44. The number of rotatable bonds is 6. The van der Waals surface area contributed by atoms with Crippen molar-refractivity contribution < 1.29 is 34.2 Å². The summed E-state index contributed by atoms with van der Waals surface area (Å²) < 4.78 is 93.8. The summed E-state index contributed by atoms with van der Waals surface area (Å²) in [5.41, 5.74) is -6.32.